The molecule has 0 bridgehead atoms. The predicted molar refractivity (Wildman–Crippen MR) is 75.9 cm³/mol. The molecule has 0 amide bonds. The number of aromatic nitrogens is 2. The van der Waals surface area contributed by atoms with Crippen molar-refractivity contribution in [2.24, 2.45) is 11.8 Å². The molecule has 1 aromatic rings. The molecule has 0 aromatic carbocycles. The SMILES string of the molecule is CCC(C)C(C)Nc1nccn(CC(C)C)c1=O. The van der Waals surface area contributed by atoms with Crippen molar-refractivity contribution in [1.82, 2.24) is 9.55 Å². The van der Waals surface area contributed by atoms with E-state index in [0.29, 0.717) is 17.7 Å². The molecule has 0 spiro atoms. The number of nitrogens with one attached hydrogen (secondary N) is 1. The van der Waals surface area contributed by atoms with Crippen molar-refractivity contribution in [2.75, 3.05) is 5.32 Å². The largest absolute Gasteiger partial charge is 0.363 e. The van der Waals surface area contributed by atoms with Crippen molar-refractivity contribution in [3.63, 3.8) is 0 Å². The summed E-state index contributed by atoms with van der Waals surface area (Å²) in [6, 6.07) is 0.255. The molecule has 0 aliphatic rings. The van der Waals surface area contributed by atoms with Crippen LogP contribution in [0.4, 0.5) is 5.82 Å². The molecule has 4 nitrogen and oxygen atoms in total. The molecule has 0 aliphatic carbocycles. The molecule has 4 heteroatoms. The van der Waals surface area contributed by atoms with E-state index in [9.17, 15) is 4.79 Å². The van der Waals surface area contributed by atoms with E-state index in [1.54, 1.807) is 17.0 Å². The van der Waals surface area contributed by atoms with E-state index in [2.05, 4.69) is 44.9 Å². The number of hydrogen-bond donors (Lipinski definition) is 1. The van der Waals surface area contributed by atoms with Gasteiger partial charge < -0.3 is 9.88 Å². The maximum atomic E-state index is 12.2. The van der Waals surface area contributed by atoms with Gasteiger partial charge in [0, 0.05) is 25.0 Å². The molecule has 0 fully saturated rings. The van der Waals surface area contributed by atoms with Crippen LogP contribution >= 0.6 is 0 Å². The second-order valence-corrected chi connectivity index (χ2v) is 5.45. The molecule has 1 N–H and O–H groups in total. The molecule has 0 radical (unpaired) electrons. The molecule has 0 aliphatic heterocycles. The van der Waals surface area contributed by atoms with E-state index in [0.717, 1.165) is 13.0 Å². The number of hydrogen-bond acceptors (Lipinski definition) is 3. The van der Waals surface area contributed by atoms with E-state index in [4.69, 9.17) is 0 Å². The minimum absolute atomic E-state index is 0.0265. The third-order valence-electron chi connectivity index (χ3n) is 3.34. The van der Waals surface area contributed by atoms with Gasteiger partial charge in [0.15, 0.2) is 5.82 Å². The molecule has 18 heavy (non-hydrogen) atoms. The fourth-order valence-corrected chi connectivity index (χ4v) is 1.79. The lowest BCUT2D eigenvalue weighted by atomic mass is 10.0. The van der Waals surface area contributed by atoms with E-state index in [1.165, 1.54) is 0 Å². The minimum Gasteiger partial charge on any atom is -0.363 e. The fraction of sp³-hybridized carbons (Fsp3) is 0.714. The second kappa shape index (κ2) is 6.57. The lowest BCUT2D eigenvalue weighted by Crippen LogP contribution is -2.31. The van der Waals surface area contributed by atoms with Crippen LogP contribution in [0.25, 0.3) is 0 Å². The second-order valence-electron chi connectivity index (χ2n) is 5.45. The van der Waals surface area contributed by atoms with E-state index in [1.807, 2.05) is 0 Å². The summed E-state index contributed by atoms with van der Waals surface area (Å²) >= 11 is 0. The highest BCUT2D eigenvalue weighted by Gasteiger charge is 2.13. The Hall–Kier alpha value is -1.32. The topological polar surface area (TPSA) is 46.9 Å². The molecule has 0 saturated heterocycles. The van der Waals surface area contributed by atoms with Crippen molar-refractivity contribution < 1.29 is 0 Å². The Morgan fingerprint density at radius 3 is 2.56 bits per heavy atom. The molecular weight excluding hydrogens is 226 g/mol. The molecule has 1 rings (SSSR count). The maximum absolute atomic E-state index is 12.2. The molecule has 2 unspecified atom stereocenters. The first kappa shape index (κ1) is 14.7. The Bertz CT molecular complexity index is 425. The summed E-state index contributed by atoms with van der Waals surface area (Å²) in [5, 5.41) is 3.23. The summed E-state index contributed by atoms with van der Waals surface area (Å²) in [4.78, 5) is 16.3. The van der Waals surface area contributed by atoms with Crippen molar-refractivity contribution in [3.8, 4) is 0 Å². The Kier molecular flexibility index (Phi) is 5.38. The van der Waals surface area contributed by atoms with Crippen LogP contribution in [-0.2, 0) is 6.54 Å². The Labute approximate surface area is 109 Å². The zero-order valence-corrected chi connectivity index (χ0v) is 12.1. The van der Waals surface area contributed by atoms with Gasteiger partial charge in [0.2, 0.25) is 0 Å². The summed E-state index contributed by atoms with van der Waals surface area (Å²) in [6.07, 6.45) is 4.53. The van der Waals surface area contributed by atoms with Gasteiger partial charge >= 0.3 is 0 Å². The van der Waals surface area contributed by atoms with E-state index in [-0.39, 0.29) is 11.6 Å². The average Bonchev–Trinajstić information content (AvgIpc) is 2.32. The third kappa shape index (κ3) is 3.86. The quantitative estimate of drug-likeness (QED) is 0.845. The number of nitrogens with zero attached hydrogens (tertiary/aromatic N) is 2. The maximum Gasteiger partial charge on any atom is 0.293 e. The summed E-state index contributed by atoms with van der Waals surface area (Å²) in [7, 11) is 0. The highest BCUT2D eigenvalue weighted by Crippen LogP contribution is 2.10. The molecule has 0 saturated carbocycles. The lowest BCUT2D eigenvalue weighted by molar-refractivity contribution is 0.488. The van der Waals surface area contributed by atoms with Crippen LogP contribution in [0.1, 0.15) is 41.0 Å². The molecule has 102 valence electrons. The lowest BCUT2D eigenvalue weighted by Gasteiger charge is -2.20. The van der Waals surface area contributed by atoms with Crippen molar-refractivity contribution in [3.05, 3.63) is 22.7 Å². The Balaban J connectivity index is 2.87. The normalized spacial score (nSPS) is 14.6. The van der Waals surface area contributed by atoms with E-state index < -0.39 is 0 Å². The first-order valence-electron chi connectivity index (χ1n) is 6.77. The van der Waals surface area contributed by atoms with Gasteiger partial charge in [-0.05, 0) is 18.8 Å². The Morgan fingerprint density at radius 2 is 2.00 bits per heavy atom. The molecule has 2 atom stereocenters. The van der Waals surface area contributed by atoms with Gasteiger partial charge in [0.25, 0.3) is 5.56 Å². The van der Waals surface area contributed by atoms with Crippen LogP contribution in [0.5, 0.6) is 0 Å². The monoisotopic (exact) mass is 251 g/mol. The van der Waals surface area contributed by atoms with Crippen LogP contribution < -0.4 is 10.9 Å². The van der Waals surface area contributed by atoms with Gasteiger partial charge in [-0.3, -0.25) is 4.79 Å². The van der Waals surface area contributed by atoms with Gasteiger partial charge in [0.1, 0.15) is 0 Å². The summed E-state index contributed by atoms with van der Waals surface area (Å²) in [5.74, 6) is 1.43. The van der Waals surface area contributed by atoms with Gasteiger partial charge in [0.05, 0.1) is 0 Å². The van der Waals surface area contributed by atoms with Crippen molar-refractivity contribution >= 4 is 5.82 Å². The minimum atomic E-state index is -0.0265. The highest BCUT2D eigenvalue weighted by atomic mass is 16.1. The summed E-state index contributed by atoms with van der Waals surface area (Å²) < 4.78 is 1.73. The smallest absolute Gasteiger partial charge is 0.293 e. The standard InChI is InChI=1S/C14H25N3O/c1-6-11(4)12(5)16-13-14(18)17(8-7-15-13)9-10(2)3/h7-8,10-12H,6,9H2,1-5H3,(H,15,16). The molecule has 1 heterocycles. The van der Waals surface area contributed by atoms with Crippen LogP contribution in [0.3, 0.4) is 0 Å². The van der Waals surface area contributed by atoms with Gasteiger partial charge in [-0.15, -0.1) is 0 Å². The zero-order valence-electron chi connectivity index (χ0n) is 12.1. The first-order chi connectivity index (χ1) is 8.45. The van der Waals surface area contributed by atoms with Crippen LogP contribution in [-0.4, -0.2) is 15.6 Å². The third-order valence-corrected chi connectivity index (χ3v) is 3.34. The van der Waals surface area contributed by atoms with Gasteiger partial charge in [-0.2, -0.15) is 0 Å². The predicted octanol–water partition coefficient (Wildman–Crippen LogP) is 2.75. The van der Waals surface area contributed by atoms with Gasteiger partial charge in [-0.1, -0.05) is 34.1 Å². The van der Waals surface area contributed by atoms with E-state index >= 15 is 0 Å². The number of anilines is 1. The summed E-state index contributed by atoms with van der Waals surface area (Å²) in [5.41, 5.74) is -0.0265. The molecular formula is C14H25N3O. The number of rotatable bonds is 6. The van der Waals surface area contributed by atoms with Crippen molar-refractivity contribution in [2.45, 2.75) is 53.6 Å². The van der Waals surface area contributed by atoms with Crippen LogP contribution in [0.2, 0.25) is 0 Å². The van der Waals surface area contributed by atoms with Crippen LogP contribution in [0, 0.1) is 11.8 Å². The zero-order chi connectivity index (χ0) is 13.7. The summed E-state index contributed by atoms with van der Waals surface area (Å²) in [6.45, 7) is 11.3. The average molecular weight is 251 g/mol. The van der Waals surface area contributed by atoms with Crippen LogP contribution in [0.15, 0.2) is 17.2 Å². The fourth-order valence-electron chi connectivity index (χ4n) is 1.79. The molecule has 1 aromatic heterocycles. The van der Waals surface area contributed by atoms with Crippen molar-refractivity contribution in [1.29, 1.82) is 0 Å². The first-order valence-corrected chi connectivity index (χ1v) is 6.77. The van der Waals surface area contributed by atoms with Gasteiger partial charge in [-0.25, -0.2) is 4.98 Å². The highest BCUT2D eigenvalue weighted by molar-refractivity contribution is 5.32. The Morgan fingerprint density at radius 1 is 1.33 bits per heavy atom.